The van der Waals surface area contributed by atoms with Crippen LogP contribution in [0.3, 0.4) is 0 Å². The van der Waals surface area contributed by atoms with Gasteiger partial charge in [-0.3, -0.25) is 24.5 Å². The van der Waals surface area contributed by atoms with Gasteiger partial charge in [-0.1, -0.05) is 66.5 Å². The highest BCUT2D eigenvalue weighted by molar-refractivity contribution is 8.00. The van der Waals surface area contributed by atoms with E-state index < -0.39 is 22.0 Å². The maximum Gasteiger partial charge on any atom is 0.276 e. The van der Waals surface area contributed by atoms with Gasteiger partial charge >= 0.3 is 0 Å². The summed E-state index contributed by atoms with van der Waals surface area (Å²) in [5.74, 6) is -1.53. The highest BCUT2D eigenvalue weighted by atomic mass is 35.5. The summed E-state index contributed by atoms with van der Waals surface area (Å²) in [6, 6.07) is 25.8. The second kappa shape index (κ2) is 15.2. The number of rotatable bonds is 11. The summed E-state index contributed by atoms with van der Waals surface area (Å²) in [6.07, 6.45) is 1.75. The van der Waals surface area contributed by atoms with Gasteiger partial charge in [-0.25, -0.2) is 0 Å². The zero-order valence-corrected chi connectivity index (χ0v) is 25.6. The van der Waals surface area contributed by atoms with E-state index >= 15 is 0 Å². The van der Waals surface area contributed by atoms with Gasteiger partial charge in [0, 0.05) is 27.2 Å². The van der Waals surface area contributed by atoms with E-state index in [9.17, 15) is 24.5 Å². The molecule has 0 heterocycles. The molecule has 0 radical (unpaired) electrons. The number of nitrogens with zero attached hydrogens (tertiary/aromatic N) is 1. The number of nitrogens with one attached hydrogen (secondary N) is 3. The SMILES string of the molecule is CCC(Sc1cccc(NC(=O)/C(=C\c2ccccc2[N+](=O)[O-])NC(=O)c2ccccc2)c1)C(=O)Nc1cc(Cl)ccc1Cl. The first-order chi connectivity index (χ1) is 21.1. The minimum atomic E-state index is -0.699. The molecule has 3 N–H and O–H groups in total. The van der Waals surface area contributed by atoms with Crippen molar-refractivity contribution in [3.63, 3.8) is 0 Å². The van der Waals surface area contributed by atoms with Crippen molar-refractivity contribution in [2.75, 3.05) is 10.6 Å². The topological polar surface area (TPSA) is 130 Å². The molecule has 1 atom stereocenters. The summed E-state index contributed by atoms with van der Waals surface area (Å²) in [7, 11) is 0. The van der Waals surface area contributed by atoms with E-state index in [1.807, 2.05) is 6.92 Å². The maximum atomic E-state index is 13.5. The Balaban J connectivity index is 1.55. The minimum absolute atomic E-state index is 0.136. The Hall–Kier alpha value is -4.64. The highest BCUT2D eigenvalue weighted by Gasteiger charge is 2.21. The van der Waals surface area contributed by atoms with E-state index in [1.54, 1.807) is 78.9 Å². The van der Waals surface area contributed by atoms with Gasteiger partial charge in [-0.05, 0) is 67.1 Å². The van der Waals surface area contributed by atoms with Crippen molar-refractivity contribution in [3.05, 3.63) is 134 Å². The fourth-order valence-electron chi connectivity index (χ4n) is 4.01. The first kappa shape index (κ1) is 32.3. The van der Waals surface area contributed by atoms with Gasteiger partial charge in [0.05, 0.1) is 26.4 Å². The number of anilines is 2. The molecule has 0 aliphatic heterocycles. The molecule has 0 saturated carbocycles. The van der Waals surface area contributed by atoms with Crippen molar-refractivity contribution in [1.29, 1.82) is 0 Å². The number of carbonyl (C=O) groups excluding carboxylic acids is 3. The smallest absolute Gasteiger partial charge is 0.276 e. The summed E-state index contributed by atoms with van der Waals surface area (Å²) >= 11 is 13.5. The average molecular weight is 650 g/mol. The molecule has 12 heteroatoms. The van der Waals surface area contributed by atoms with E-state index in [4.69, 9.17) is 23.2 Å². The van der Waals surface area contributed by atoms with Crippen molar-refractivity contribution in [1.82, 2.24) is 5.32 Å². The molecule has 3 amide bonds. The van der Waals surface area contributed by atoms with Crippen LogP contribution in [-0.2, 0) is 9.59 Å². The first-order valence-electron chi connectivity index (χ1n) is 13.3. The molecule has 0 aliphatic rings. The van der Waals surface area contributed by atoms with Gasteiger partial charge in [0.15, 0.2) is 0 Å². The number of carbonyl (C=O) groups is 3. The molecule has 9 nitrogen and oxygen atoms in total. The van der Waals surface area contributed by atoms with Crippen LogP contribution < -0.4 is 16.0 Å². The number of hydrogen-bond donors (Lipinski definition) is 3. The molecule has 4 aromatic rings. The lowest BCUT2D eigenvalue weighted by Gasteiger charge is -2.16. The minimum Gasteiger partial charge on any atom is -0.324 e. The molecule has 4 rings (SSSR count). The van der Waals surface area contributed by atoms with Crippen LogP contribution in [0.4, 0.5) is 17.1 Å². The predicted molar refractivity (Wildman–Crippen MR) is 175 cm³/mol. The normalized spacial score (nSPS) is 11.8. The van der Waals surface area contributed by atoms with Crippen LogP contribution in [-0.4, -0.2) is 27.9 Å². The zero-order chi connectivity index (χ0) is 31.6. The van der Waals surface area contributed by atoms with E-state index in [-0.39, 0.29) is 22.9 Å². The molecule has 0 aromatic heterocycles. The van der Waals surface area contributed by atoms with Crippen molar-refractivity contribution in [3.8, 4) is 0 Å². The highest BCUT2D eigenvalue weighted by Crippen LogP contribution is 2.31. The number of hydrogen-bond acceptors (Lipinski definition) is 6. The van der Waals surface area contributed by atoms with Gasteiger partial charge in [-0.15, -0.1) is 11.8 Å². The Morgan fingerprint density at radius 3 is 2.36 bits per heavy atom. The van der Waals surface area contributed by atoms with Gasteiger partial charge in [0.1, 0.15) is 5.70 Å². The summed E-state index contributed by atoms with van der Waals surface area (Å²) in [4.78, 5) is 51.2. The van der Waals surface area contributed by atoms with Crippen molar-refractivity contribution < 1.29 is 19.3 Å². The molecule has 0 aliphatic carbocycles. The third-order valence-corrected chi connectivity index (χ3v) is 8.10. The molecule has 0 saturated heterocycles. The molecule has 4 aromatic carbocycles. The molecule has 0 spiro atoms. The van der Waals surface area contributed by atoms with E-state index in [2.05, 4.69) is 16.0 Å². The molecule has 1 unspecified atom stereocenters. The number of halogens is 2. The average Bonchev–Trinajstić information content (AvgIpc) is 3.02. The lowest BCUT2D eigenvalue weighted by Crippen LogP contribution is -2.30. The molecular weight excluding hydrogens is 623 g/mol. The van der Waals surface area contributed by atoms with Gasteiger partial charge < -0.3 is 16.0 Å². The number of nitro groups is 1. The van der Waals surface area contributed by atoms with Crippen molar-refractivity contribution >= 4 is 75.8 Å². The number of nitro benzene ring substituents is 1. The largest absolute Gasteiger partial charge is 0.324 e. The Morgan fingerprint density at radius 1 is 0.909 bits per heavy atom. The predicted octanol–water partition coefficient (Wildman–Crippen LogP) is 7.82. The van der Waals surface area contributed by atoms with Crippen molar-refractivity contribution in [2.45, 2.75) is 23.5 Å². The van der Waals surface area contributed by atoms with Crippen LogP contribution >= 0.6 is 35.0 Å². The van der Waals surface area contributed by atoms with Crippen LogP contribution in [0.15, 0.2) is 108 Å². The standard InChI is InChI=1S/C32H26Cl2N4O5S/c1-2-29(32(41)36-26-18-22(33)15-16-25(26)34)44-24-13-8-12-23(19-24)35-31(40)27(37-30(39)20-9-4-3-5-10-20)17-21-11-6-7-14-28(21)38(42)43/h3-19,29H,2H2,1H3,(H,35,40)(H,36,41)(H,37,39)/b27-17+. The van der Waals surface area contributed by atoms with E-state index in [0.717, 1.165) is 0 Å². The Kier molecular flexibility index (Phi) is 11.1. The second-order valence-electron chi connectivity index (χ2n) is 9.30. The number of para-hydroxylation sites is 1. The maximum absolute atomic E-state index is 13.5. The Morgan fingerprint density at radius 2 is 1.64 bits per heavy atom. The summed E-state index contributed by atoms with van der Waals surface area (Å²) in [6.45, 7) is 1.87. The fraction of sp³-hybridized carbons (Fsp3) is 0.0938. The van der Waals surface area contributed by atoms with Gasteiger partial charge in [0.2, 0.25) is 5.91 Å². The monoisotopic (exact) mass is 648 g/mol. The van der Waals surface area contributed by atoms with E-state index in [0.29, 0.717) is 38.3 Å². The summed E-state index contributed by atoms with van der Waals surface area (Å²) in [5, 5.41) is 20.0. The summed E-state index contributed by atoms with van der Waals surface area (Å²) in [5.41, 5.74) is 0.797. The van der Waals surface area contributed by atoms with Gasteiger partial charge in [0.25, 0.3) is 17.5 Å². The molecule has 44 heavy (non-hydrogen) atoms. The Labute approximate surface area is 267 Å². The number of thioether (sulfide) groups is 1. The van der Waals surface area contributed by atoms with Crippen LogP contribution in [0.5, 0.6) is 0 Å². The molecule has 0 bridgehead atoms. The lowest BCUT2D eigenvalue weighted by atomic mass is 10.1. The first-order valence-corrected chi connectivity index (χ1v) is 14.9. The third kappa shape index (κ3) is 8.70. The number of amides is 3. The van der Waals surface area contributed by atoms with Crippen LogP contribution in [0.25, 0.3) is 6.08 Å². The summed E-state index contributed by atoms with van der Waals surface area (Å²) < 4.78 is 0. The van der Waals surface area contributed by atoms with E-state index in [1.165, 1.54) is 36.0 Å². The van der Waals surface area contributed by atoms with Crippen LogP contribution in [0, 0.1) is 10.1 Å². The molecular formula is C32H26Cl2N4O5S. The quantitative estimate of drug-likeness (QED) is 0.0658. The molecule has 224 valence electrons. The Bertz CT molecular complexity index is 1730. The fourth-order valence-corrected chi connectivity index (χ4v) is 5.36. The van der Waals surface area contributed by atoms with Gasteiger partial charge in [-0.2, -0.15) is 0 Å². The number of benzene rings is 4. The molecule has 0 fully saturated rings. The van der Waals surface area contributed by atoms with Crippen LogP contribution in [0.1, 0.15) is 29.3 Å². The van der Waals surface area contributed by atoms with Crippen molar-refractivity contribution in [2.24, 2.45) is 0 Å². The second-order valence-corrected chi connectivity index (χ2v) is 11.4. The van der Waals surface area contributed by atoms with Crippen LogP contribution in [0.2, 0.25) is 10.0 Å². The third-order valence-electron chi connectivity index (χ3n) is 6.18. The lowest BCUT2D eigenvalue weighted by molar-refractivity contribution is -0.385. The zero-order valence-electron chi connectivity index (χ0n) is 23.3.